The van der Waals surface area contributed by atoms with E-state index in [1.807, 2.05) is 51.1 Å². The van der Waals surface area contributed by atoms with Crippen molar-refractivity contribution in [3.05, 3.63) is 35.9 Å². The summed E-state index contributed by atoms with van der Waals surface area (Å²) in [6.07, 6.45) is 3.80. The second-order valence-electron chi connectivity index (χ2n) is 8.11. The van der Waals surface area contributed by atoms with Crippen LogP contribution >= 0.6 is 0 Å². The van der Waals surface area contributed by atoms with Crippen LogP contribution in [0.3, 0.4) is 0 Å². The average molecular weight is 376 g/mol. The van der Waals surface area contributed by atoms with Crippen LogP contribution in [0.1, 0.15) is 64.5 Å². The molecule has 1 amide bonds. The van der Waals surface area contributed by atoms with Crippen LogP contribution in [0.4, 0.5) is 4.79 Å². The number of carbonyl (C=O) groups is 2. The van der Waals surface area contributed by atoms with Gasteiger partial charge in [0.25, 0.3) is 0 Å². The highest BCUT2D eigenvalue weighted by atomic mass is 16.6. The maximum atomic E-state index is 12.3. The third-order valence-corrected chi connectivity index (χ3v) is 4.82. The molecule has 2 N–H and O–H groups in total. The Labute approximate surface area is 162 Å². The lowest BCUT2D eigenvalue weighted by atomic mass is 9.96. The number of hydrogen-bond acceptors (Lipinski definition) is 5. The number of hydrogen-bond donors (Lipinski definition) is 2. The zero-order valence-electron chi connectivity index (χ0n) is 16.8. The highest BCUT2D eigenvalue weighted by Crippen LogP contribution is 2.31. The average Bonchev–Trinajstić information content (AvgIpc) is 3.09. The zero-order chi connectivity index (χ0) is 19.9. The number of nitrogens with one attached hydrogen (secondary N) is 2. The van der Waals surface area contributed by atoms with Crippen LogP contribution in [0, 0.1) is 0 Å². The van der Waals surface area contributed by atoms with Gasteiger partial charge in [0, 0.05) is 0 Å². The van der Waals surface area contributed by atoms with E-state index in [1.165, 1.54) is 7.11 Å². The van der Waals surface area contributed by atoms with Crippen molar-refractivity contribution in [2.24, 2.45) is 0 Å². The fraction of sp³-hybridized carbons (Fsp3) is 0.619. The zero-order valence-corrected chi connectivity index (χ0v) is 16.8. The summed E-state index contributed by atoms with van der Waals surface area (Å²) in [7, 11) is 1.43. The van der Waals surface area contributed by atoms with Crippen LogP contribution in [0.2, 0.25) is 0 Å². The maximum absolute atomic E-state index is 12.3. The first-order chi connectivity index (χ1) is 12.8. The van der Waals surface area contributed by atoms with E-state index in [1.54, 1.807) is 0 Å². The largest absolute Gasteiger partial charge is 0.468 e. The van der Waals surface area contributed by atoms with Crippen LogP contribution in [0.25, 0.3) is 0 Å². The minimum absolute atomic E-state index is 0.198. The molecule has 1 aliphatic carbocycles. The third kappa shape index (κ3) is 6.24. The van der Waals surface area contributed by atoms with Crippen LogP contribution in [-0.4, -0.2) is 36.9 Å². The number of esters is 1. The van der Waals surface area contributed by atoms with Gasteiger partial charge in [0.2, 0.25) is 0 Å². The van der Waals surface area contributed by atoms with E-state index in [0.717, 1.165) is 31.2 Å². The Morgan fingerprint density at radius 3 is 2.33 bits per heavy atom. The Hall–Kier alpha value is -2.08. The molecule has 1 aromatic rings. The topological polar surface area (TPSA) is 76.7 Å². The van der Waals surface area contributed by atoms with E-state index in [-0.39, 0.29) is 12.0 Å². The molecule has 0 heterocycles. The summed E-state index contributed by atoms with van der Waals surface area (Å²) in [6.45, 7) is 6.11. The van der Waals surface area contributed by atoms with Crippen LogP contribution < -0.4 is 10.6 Å². The molecule has 0 spiro atoms. The van der Waals surface area contributed by atoms with Gasteiger partial charge in [-0.2, -0.15) is 0 Å². The smallest absolute Gasteiger partial charge is 0.408 e. The lowest BCUT2D eigenvalue weighted by Gasteiger charge is -2.29. The molecule has 1 aromatic carbocycles. The lowest BCUT2D eigenvalue weighted by Crippen LogP contribution is -2.51. The molecular weight excluding hydrogens is 344 g/mol. The molecule has 150 valence electrons. The van der Waals surface area contributed by atoms with Gasteiger partial charge in [-0.05, 0) is 52.1 Å². The van der Waals surface area contributed by atoms with E-state index in [0.29, 0.717) is 13.0 Å². The lowest BCUT2D eigenvalue weighted by molar-refractivity contribution is -0.148. The molecule has 0 bridgehead atoms. The molecule has 0 radical (unpaired) electrons. The normalized spacial score (nSPS) is 17.2. The fourth-order valence-corrected chi connectivity index (χ4v) is 3.54. The van der Waals surface area contributed by atoms with Crippen molar-refractivity contribution in [2.75, 3.05) is 13.7 Å². The van der Waals surface area contributed by atoms with E-state index in [2.05, 4.69) is 10.6 Å². The summed E-state index contributed by atoms with van der Waals surface area (Å²) in [6, 6.07) is 9.58. The van der Waals surface area contributed by atoms with Gasteiger partial charge < -0.3 is 20.1 Å². The van der Waals surface area contributed by atoms with Crippen molar-refractivity contribution in [1.29, 1.82) is 0 Å². The molecule has 1 unspecified atom stereocenters. The number of carbonyl (C=O) groups excluding carboxylic acids is 2. The SMILES string of the molecule is COC(=O)C1(NCCC(NC(=O)OC(C)(C)C)c2ccccc2)CCCC1. The first-order valence-corrected chi connectivity index (χ1v) is 9.64. The molecule has 2 rings (SSSR count). The van der Waals surface area contributed by atoms with Gasteiger partial charge in [-0.1, -0.05) is 43.2 Å². The van der Waals surface area contributed by atoms with Crippen molar-refractivity contribution >= 4 is 12.1 Å². The van der Waals surface area contributed by atoms with Crippen molar-refractivity contribution in [2.45, 2.75) is 70.1 Å². The number of benzene rings is 1. The molecule has 1 fully saturated rings. The van der Waals surface area contributed by atoms with Crippen LogP contribution in [-0.2, 0) is 14.3 Å². The summed E-state index contributed by atoms with van der Waals surface area (Å²) in [5, 5.41) is 6.35. The van der Waals surface area contributed by atoms with Gasteiger partial charge in [-0.25, -0.2) is 4.79 Å². The Kier molecular flexibility index (Phi) is 7.25. The van der Waals surface area contributed by atoms with Gasteiger partial charge in [0.15, 0.2) is 0 Å². The Morgan fingerprint density at radius 1 is 1.15 bits per heavy atom. The second-order valence-corrected chi connectivity index (χ2v) is 8.11. The number of methoxy groups -OCH3 is 1. The second kappa shape index (κ2) is 9.22. The number of rotatable bonds is 7. The van der Waals surface area contributed by atoms with Gasteiger partial charge in [0.05, 0.1) is 13.2 Å². The Balaban J connectivity index is 2.02. The predicted octanol–water partition coefficient (Wildman–Crippen LogP) is 3.72. The molecule has 1 atom stereocenters. The van der Waals surface area contributed by atoms with E-state index in [4.69, 9.17) is 9.47 Å². The summed E-state index contributed by atoms with van der Waals surface area (Å²) >= 11 is 0. The quantitative estimate of drug-likeness (QED) is 0.709. The highest BCUT2D eigenvalue weighted by molar-refractivity contribution is 5.81. The monoisotopic (exact) mass is 376 g/mol. The summed E-state index contributed by atoms with van der Waals surface area (Å²) in [5.74, 6) is -0.198. The van der Waals surface area contributed by atoms with Crippen LogP contribution in [0.5, 0.6) is 0 Å². The highest BCUT2D eigenvalue weighted by Gasteiger charge is 2.41. The first kappa shape index (κ1) is 21.2. The molecule has 1 saturated carbocycles. The molecular formula is C21H32N2O4. The van der Waals surface area contributed by atoms with Gasteiger partial charge in [0.1, 0.15) is 11.1 Å². The standard InChI is InChI=1S/C21H32N2O4/c1-20(2,3)27-19(25)23-17(16-10-6-5-7-11-16)12-15-22-21(18(24)26-4)13-8-9-14-21/h5-7,10-11,17,22H,8-9,12-15H2,1-4H3,(H,23,25). The molecule has 0 aromatic heterocycles. The van der Waals surface area contributed by atoms with Crippen molar-refractivity contribution in [3.63, 3.8) is 0 Å². The van der Waals surface area contributed by atoms with Crippen molar-refractivity contribution < 1.29 is 19.1 Å². The number of ether oxygens (including phenoxy) is 2. The predicted molar refractivity (Wildman–Crippen MR) is 104 cm³/mol. The van der Waals surface area contributed by atoms with Gasteiger partial charge in [-0.3, -0.25) is 4.79 Å². The summed E-state index contributed by atoms with van der Waals surface area (Å²) in [5.41, 5.74) is -0.145. The Bertz CT molecular complexity index is 619. The number of alkyl carbamates (subject to hydrolysis) is 1. The van der Waals surface area contributed by atoms with Gasteiger partial charge >= 0.3 is 12.1 Å². The van der Waals surface area contributed by atoms with E-state index >= 15 is 0 Å². The molecule has 27 heavy (non-hydrogen) atoms. The molecule has 0 aliphatic heterocycles. The van der Waals surface area contributed by atoms with E-state index < -0.39 is 17.2 Å². The maximum Gasteiger partial charge on any atom is 0.408 e. The van der Waals surface area contributed by atoms with Crippen molar-refractivity contribution in [1.82, 2.24) is 10.6 Å². The summed E-state index contributed by atoms with van der Waals surface area (Å²) in [4.78, 5) is 24.5. The molecule has 0 saturated heterocycles. The minimum atomic E-state index is -0.595. The first-order valence-electron chi connectivity index (χ1n) is 9.64. The minimum Gasteiger partial charge on any atom is -0.468 e. The van der Waals surface area contributed by atoms with Gasteiger partial charge in [-0.15, -0.1) is 0 Å². The number of amides is 1. The van der Waals surface area contributed by atoms with E-state index in [9.17, 15) is 9.59 Å². The summed E-state index contributed by atoms with van der Waals surface area (Å²) < 4.78 is 10.4. The van der Waals surface area contributed by atoms with Crippen LogP contribution in [0.15, 0.2) is 30.3 Å². The molecule has 6 heteroatoms. The van der Waals surface area contributed by atoms with Crippen molar-refractivity contribution in [3.8, 4) is 0 Å². The molecule has 6 nitrogen and oxygen atoms in total. The third-order valence-electron chi connectivity index (χ3n) is 4.82. The Morgan fingerprint density at radius 2 is 1.78 bits per heavy atom. The fourth-order valence-electron chi connectivity index (χ4n) is 3.54. The molecule has 1 aliphatic rings.